The van der Waals surface area contributed by atoms with Gasteiger partial charge < -0.3 is 25.4 Å². The van der Waals surface area contributed by atoms with E-state index >= 15 is 0 Å². The van der Waals surface area contributed by atoms with E-state index in [4.69, 9.17) is 9.47 Å². The molecule has 2 aromatic carbocycles. The number of nitrogens with zero attached hydrogens (tertiary/aromatic N) is 3. The van der Waals surface area contributed by atoms with Crippen molar-refractivity contribution in [1.82, 2.24) is 20.4 Å². The predicted octanol–water partition coefficient (Wildman–Crippen LogP) is 2.14. The van der Waals surface area contributed by atoms with Crippen LogP contribution in [0.3, 0.4) is 0 Å². The van der Waals surface area contributed by atoms with Gasteiger partial charge in [-0.15, -0.1) is 0 Å². The van der Waals surface area contributed by atoms with Crippen LogP contribution in [0.1, 0.15) is 39.2 Å². The number of nitro benzene ring substituents is 1. The Morgan fingerprint density at radius 2 is 1.60 bits per heavy atom. The Kier molecular flexibility index (Phi) is 15.1. The summed E-state index contributed by atoms with van der Waals surface area (Å²) in [7, 11) is 0. The Morgan fingerprint density at radius 1 is 0.962 bits per heavy atom. The molecule has 0 spiro atoms. The number of carbonyl (C=O) groups excluding carboxylic acids is 8. The summed E-state index contributed by atoms with van der Waals surface area (Å²) in [5.74, 6) is -4.14. The summed E-state index contributed by atoms with van der Waals surface area (Å²) < 4.78 is 10.0. The molecule has 1 heterocycles. The van der Waals surface area contributed by atoms with Crippen LogP contribution in [0.2, 0.25) is 0 Å². The second kappa shape index (κ2) is 19.6. The third-order valence-corrected chi connectivity index (χ3v) is 7.60. The highest BCUT2D eigenvalue weighted by atomic mass is 16.7. The van der Waals surface area contributed by atoms with Crippen LogP contribution in [0.5, 0.6) is 5.75 Å². The number of nitro groups is 1. The van der Waals surface area contributed by atoms with E-state index < -0.39 is 71.1 Å². The van der Waals surface area contributed by atoms with Crippen molar-refractivity contribution in [3.63, 3.8) is 0 Å². The van der Waals surface area contributed by atoms with Crippen molar-refractivity contribution in [3.8, 4) is 5.75 Å². The Labute approximate surface area is 303 Å². The van der Waals surface area contributed by atoms with Gasteiger partial charge in [-0.1, -0.05) is 32.1 Å². The van der Waals surface area contributed by atoms with Crippen LogP contribution in [-0.4, -0.2) is 87.9 Å². The third-order valence-electron chi connectivity index (χ3n) is 7.60. The number of anilines is 1. The highest BCUT2D eigenvalue weighted by Gasteiger charge is 2.32. The fraction of sp³-hybridized carbons (Fsp3) is 0.314. The molecule has 0 aliphatic carbocycles. The Balaban J connectivity index is 1.48. The quantitative estimate of drug-likeness (QED) is 0.0380. The molecule has 0 saturated carbocycles. The highest BCUT2D eigenvalue weighted by Crippen LogP contribution is 2.19. The second-order valence-corrected chi connectivity index (χ2v) is 11.8. The van der Waals surface area contributed by atoms with Crippen molar-refractivity contribution in [2.45, 2.75) is 52.3 Å². The van der Waals surface area contributed by atoms with Gasteiger partial charge in [0.15, 0.2) is 0 Å². The van der Waals surface area contributed by atoms with Crippen molar-refractivity contribution >= 4 is 59.4 Å². The number of nitrogens with one attached hydrogen (secondary N) is 3. The highest BCUT2D eigenvalue weighted by molar-refractivity contribution is 6.13. The fourth-order valence-electron chi connectivity index (χ4n) is 4.84. The number of rotatable bonds is 18. The SMILES string of the molecule is C/C=C\C(=O)N(C=O)C(CCC(=O)NC(C(=O)NCC(=O)Nc1ccc(COC(=O)Oc2ccc([N+](=O)[O-])cc2)cc1)C(C)C)CN1C(=O)C=CC1=O. The normalized spacial score (nSPS) is 13.3. The number of non-ortho nitro benzene ring substituents is 1. The van der Waals surface area contributed by atoms with Crippen molar-refractivity contribution in [2.75, 3.05) is 18.4 Å². The van der Waals surface area contributed by atoms with Gasteiger partial charge >= 0.3 is 6.16 Å². The molecule has 0 bridgehead atoms. The number of amides is 7. The van der Waals surface area contributed by atoms with E-state index in [-0.39, 0.29) is 43.8 Å². The molecule has 0 radical (unpaired) electrons. The van der Waals surface area contributed by atoms with Crippen LogP contribution in [0, 0.1) is 16.0 Å². The van der Waals surface area contributed by atoms with E-state index in [0.717, 1.165) is 28.0 Å². The van der Waals surface area contributed by atoms with Crippen LogP contribution in [0.4, 0.5) is 16.2 Å². The van der Waals surface area contributed by atoms with Crippen molar-refractivity contribution in [2.24, 2.45) is 5.92 Å². The molecular formula is C35H38N6O12. The van der Waals surface area contributed by atoms with E-state index in [0.29, 0.717) is 11.3 Å². The van der Waals surface area contributed by atoms with Crippen molar-refractivity contribution < 1.29 is 52.8 Å². The number of hydrogen-bond donors (Lipinski definition) is 3. The average Bonchev–Trinajstić information content (AvgIpc) is 3.44. The van der Waals surface area contributed by atoms with Gasteiger partial charge in [-0.25, -0.2) is 4.79 Å². The van der Waals surface area contributed by atoms with Crippen LogP contribution in [0.25, 0.3) is 0 Å². The largest absolute Gasteiger partial charge is 0.514 e. The van der Waals surface area contributed by atoms with E-state index in [1.54, 1.807) is 32.9 Å². The number of hydrogen-bond acceptors (Lipinski definition) is 12. The first-order valence-electron chi connectivity index (χ1n) is 16.2. The summed E-state index contributed by atoms with van der Waals surface area (Å²) in [4.78, 5) is 111. The summed E-state index contributed by atoms with van der Waals surface area (Å²) in [6, 6.07) is 8.99. The van der Waals surface area contributed by atoms with E-state index in [9.17, 15) is 48.5 Å². The van der Waals surface area contributed by atoms with Crippen LogP contribution >= 0.6 is 0 Å². The zero-order valence-electron chi connectivity index (χ0n) is 29.0. The van der Waals surface area contributed by atoms with Gasteiger partial charge in [0.05, 0.1) is 24.1 Å². The van der Waals surface area contributed by atoms with Crippen LogP contribution in [0.15, 0.2) is 72.8 Å². The lowest BCUT2D eigenvalue weighted by atomic mass is 10.0. The molecule has 53 heavy (non-hydrogen) atoms. The molecule has 18 nitrogen and oxygen atoms in total. The summed E-state index contributed by atoms with van der Waals surface area (Å²) in [5.41, 5.74) is 0.757. The summed E-state index contributed by atoms with van der Waals surface area (Å²) in [6.07, 6.45) is 3.47. The molecule has 0 aromatic heterocycles. The average molecular weight is 735 g/mol. The standard InChI is InChI=1S/C35H38N6O12/c1-4-5-30(45)40(21-42)26(19-39-31(46)16-17-32(39)47)12-15-28(43)38-33(22(2)3)34(48)36-18-29(44)37-24-8-6-23(7-9-24)20-52-35(49)53-27-13-10-25(11-14-27)41(50)51/h4-11,13-14,16-17,21-22,26,33H,12,15,18-20H2,1-3H3,(H,36,48)(H,37,44)(H,38,43)/b5-4-. The monoisotopic (exact) mass is 734 g/mol. The van der Waals surface area contributed by atoms with E-state index in [1.165, 1.54) is 42.5 Å². The minimum absolute atomic E-state index is 0.0591. The van der Waals surface area contributed by atoms with E-state index in [2.05, 4.69) is 16.0 Å². The van der Waals surface area contributed by atoms with Gasteiger partial charge in [-0.3, -0.25) is 53.5 Å². The smallest absolute Gasteiger partial charge is 0.429 e. The maximum atomic E-state index is 13.0. The Morgan fingerprint density at radius 3 is 2.17 bits per heavy atom. The molecule has 0 fully saturated rings. The zero-order chi connectivity index (χ0) is 39.1. The number of imide groups is 2. The van der Waals surface area contributed by atoms with Gasteiger partial charge in [-0.2, -0.15) is 0 Å². The molecule has 18 heteroatoms. The lowest BCUT2D eigenvalue weighted by Crippen LogP contribution is -2.51. The Hall–Kier alpha value is -6.72. The molecule has 7 amide bonds. The minimum atomic E-state index is -1.06. The first-order valence-corrected chi connectivity index (χ1v) is 16.2. The van der Waals surface area contributed by atoms with Gasteiger partial charge in [-0.05, 0) is 55.2 Å². The number of ether oxygens (including phenoxy) is 2. The molecule has 3 N–H and O–H groups in total. The third kappa shape index (κ3) is 12.5. The van der Waals surface area contributed by atoms with E-state index in [1.807, 2.05) is 0 Å². The Bertz CT molecular complexity index is 1750. The van der Waals surface area contributed by atoms with Crippen molar-refractivity contribution in [1.29, 1.82) is 0 Å². The first kappa shape index (κ1) is 40.7. The van der Waals surface area contributed by atoms with Gasteiger partial charge in [0.25, 0.3) is 23.4 Å². The molecule has 1 aliphatic heterocycles. The minimum Gasteiger partial charge on any atom is -0.429 e. The van der Waals surface area contributed by atoms with Crippen molar-refractivity contribution in [3.05, 3.63) is 88.5 Å². The van der Waals surface area contributed by atoms with Gasteiger partial charge in [0.1, 0.15) is 18.4 Å². The number of carbonyl (C=O) groups is 8. The topological polar surface area (TPSA) is 241 Å². The maximum Gasteiger partial charge on any atom is 0.514 e. The molecule has 0 saturated heterocycles. The number of allylic oxidation sites excluding steroid dienone is 1. The molecular weight excluding hydrogens is 696 g/mol. The predicted molar refractivity (Wildman–Crippen MR) is 185 cm³/mol. The van der Waals surface area contributed by atoms with Crippen LogP contribution in [-0.2, 0) is 44.9 Å². The first-order chi connectivity index (χ1) is 25.2. The molecule has 2 aromatic rings. The van der Waals surface area contributed by atoms with Crippen LogP contribution < -0.4 is 20.7 Å². The molecule has 3 rings (SSSR count). The van der Waals surface area contributed by atoms with Gasteiger partial charge in [0, 0.05) is 36.4 Å². The molecule has 280 valence electrons. The maximum absolute atomic E-state index is 13.0. The molecule has 2 atom stereocenters. The van der Waals surface area contributed by atoms with Gasteiger partial charge in [0.2, 0.25) is 24.1 Å². The summed E-state index contributed by atoms with van der Waals surface area (Å²) >= 11 is 0. The lowest BCUT2D eigenvalue weighted by molar-refractivity contribution is -0.384. The molecule has 1 aliphatic rings. The number of benzene rings is 2. The summed E-state index contributed by atoms with van der Waals surface area (Å²) in [6.45, 7) is 3.98. The fourth-order valence-corrected chi connectivity index (χ4v) is 4.84. The lowest BCUT2D eigenvalue weighted by Gasteiger charge is -2.29. The zero-order valence-corrected chi connectivity index (χ0v) is 29.0. The second-order valence-electron chi connectivity index (χ2n) is 11.8. The molecule has 2 unspecified atom stereocenters. The summed E-state index contributed by atoms with van der Waals surface area (Å²) in [5, 5.41) is 18.4.